The van der Waals surface area contributed by atoms with Crippen LogP contribution in [0.1, 0.15) is 16.1 Å². The highest BCUT2D eigenvalue weighted by molar-refractivity contribution is 7.13. The van der Waals surface area contributed by atoms with Gasteiger partial charge in [0.15, 0.2) is 5.76 Å². The van der Waals surface area contributed by atoms with E-state index >= 15 is 0 Å². The summed E-state index contributed by atoms with van der Waals surface area (Å²) in [6.45, 7) is 0.312. The van der Waals surface area contributed by atoms with Gasteiger partial charge in [0.2, 0.25) is 0 Å². The average Bonchev–Trinajstić information content (AvgIpc) is 3.31. The first-order valence-corrected chi connectivity index (χ1v) is 9.09. The molecule has 0 atom stereocenters. The summed E-state index contributed by atoms with van der Waals surface area (Å²) in [5, 5.41) is 5.91. The molecular weight excluding hydrogens is 346 g/mol. The molecule has 130 valence electrons. The molecule has 0 aliphatic rings. The van der Waals surface area contributed by atoms with Crippen LogP contribution in [-0.4, -0.2) is 13.0 Å². The number of fused-ring (bicyclic) bond motifs is 1. The van der Waals surface area contributed by atoms with Crippen LogP contribution in [-0.2, 0) is 11.3 Å². The number of carbonyl (C=O) groups excluding carboxylic acids is 1. The van der Waals surface area contributed by atoms with Gasteiger partial charge in [0.25, 0.3) is 5.91 Å². The molecule has 1 amide bonds. The maximum Gasteiger partial charge on any atom is 0.291 e. The van der Waals surface area contributed by atoms with Crippen LogP contribution in [0, 0.1) is 0 Å². The Hall–Kier alpha value is -2.89. The highest BCUT2D eigenvalue weighted by Crippen LogP contribution is 2.33. The zero-order chi connectivity index (χ0) is 17.9. The summed E-state index contributed by atoms with van der Waals surface area (Å²) in [5.74, 6) is 0.00582. The van der Waals surface area contributed by atoms with Crippen LogP contribution in [0.5, 0.6) is 0 Å². The highest BCUT2D eigenvalue weighted by atomic mass is 32.1. The van der Waals surface area contributed by atoms with Crippen LogP contribution in [0.4, 0.5) is 5.69 Å². The normalized spacial score (nSPS) is 11.0. The van der Waals surface area contributed by atoms with E-state index in [0.29, 0.717) is 12.2 Å². The first-order valence-electron chi connectivity index (χ1n) is 8.21. The predicted octanol–water partition coefficient (Wildman–Crippen LogP) is 5.56. The van der Waals surface area contributed by atoms with Crippen LogP contribution in [0.25, 0.3) is 21.4 Å². The zero-order valence-electron chi connectivity index (χ0n) is 14.2. The molecule has 2 heterocycles. The largest absolute Gasteiger partial charge is 0.451 e. The third kappa shape index (κ3) is 3.03. The summed E-state index contributed by atoms with van der Waals surface area (Å²) in [6.07, 6.45) is 0. The topological polar surface area (TPSA) is 51.5 Å². The van der Waals surface area contributed by atoms with Crippen LogP contribution >= 0.6 is 11.3 Å². The minimum absolute atomic E-state index is 0.280. The van der Waals surface area contributed by atoms with E-state index in [2.05, 4.69) is 5.32 Å². The lowest BCUT2D eigenvalue weighted by Crippen LogP contribution is -2.13. The van der Waals surface area contributed by atoms with Crippen molar-refractivity contribution in [2.45, 2.75) is 6.61 Å². The van der Waals surface area contributed by atoms with Crippen LogP contribution in [0.15, 0.2) is 70.5 Å². The molecule has 0 radical (unpaired) electrons. The Bertz CT molecular complexity index is 1050. The van der Waals surface area contributed by atoms with Crippen molar-refractivity contribution in [1.82, 2.24) is 0 Å². The van der Waals surface area contributed by atoms with Gasteiger partial charge in [-0.3, -0.25) is 4.79 Å². The van der Waals surface area contributed by atoms with E-state index in [1.807, 2.05) is 66.0 Å². The summed E-state index contributed by atoms with van der Waals surface area (Å²) < 4.78 is 11.1. The zero-order valence-corrected chi connectivity index (χ0v) is 15.0. The van der Waals surface area contributed by atoms with E-state index < -0.39 is 0 Å². The Balaban J connectivity index is 1.72. The van der Waals surface area contributed by atoms with Gasteiger partial charge in [-0.25, -0.2) is 0 Å². The molecule has 0 saturated carbocycles. The second kappa shape index (κ2) is 7.15. The summed E-state index contributed by atoms with van der Waals surface area (Å²) in [4.78, 5) is 14.0. The second-order valence-corrected chi connectivity index (χ2v) is 6.76. The van der Waals surface area contributed by atoms with Crippen LogP contribution in [0.2, 0.25) is 0 Å². The lowest BCUT2D eigenvalue weighted by atomic mass is 10.1. The first-order chi connectivity index (χ1) is 12.8. The number of para-hydroxylation sites is 2. The molecule has 1 N–H and O–H groups in total. The molecule has 0 saturated heterocycles. The van der Waals surface area contributed by atoms with Crippen molar-refractivity contribution in [2.75, 3.05) is 12.4 Å². The number of carbonyl (C=O) groups is 1. The lowest BCUT2D eigenvalue weighted by molar-refractivity contribution is 0.0992. The quantitative estimate of drug-likeness (QED) is 0.505. The van der Waals surface area contributed by atoms with Crippen molar-refractivity contribution in [1.29, 1.82) is 0 Å². The maximum absolute atomic E-state index is 12.9. The number of rotatable bonds is 5. The molecule has 2 aromatic carbocycles. The molecule has 2 aromatic heterocycles. The molecule has 0 aliphatic heterocycles. The minimum Gasteiger partial charge on any atom is -0.451 e. The Morgan fingerprint density at radius 2 is 1.88 bits per heavy atom. The number of methoxy groups -OCH3 is 1. The summed E-state index contributed by atoms with van der Waals surface area (Å²) in [5.41, 5.74) is 3.18. The van der Waals surface area contributed by atoms with Gasteiger partial charge in [-0.1, -0.05) is 42.5 Å². The van der Waals surface area contributed by atoms with Crippen LogP contribution in [0.3, 0.4) is 0 Å². The number of ether oxygens (including phenoxy) is 1. The molecule has 4 nitrogen and oxygen atoms in total. The van der Waals surface area contributed by atoms with Gasteiger partial charge < -0.3 is 14.5 Å². The summed E-state index contributed by atoms with van der Waals surface area (Å²) in [7, 11) is 1.61. The molecule has 0 fully saturated rings. The maximum atomic E-state index is 12.9. The monoisotopic (exact) mass is 363 g/mol. The Morgan fingerprint density at radius 1 is 1.08 bits per heavy atom. The van der Waals surface area contributed by atoms with E-state index in [0.717, 1.165) is 27.1 Å². The van der Waals surface area contributed by atoms with Gasteiger partial charge in [-0.2, -0.15) is 0 Å². The minimum atomic E-state index is -0.280. The van der Waals surface area contributed by atoms with E-state index in [9.17, 15) is 4.79 Å². The molecule has 5 heteroatoms. The number of hydrogen-bond donors (Lipinski definition) is 1. The first kappa shape index (κ1) is 16.6. The highest BCUT2D eigenvalue weighted by Gasteiger charge is 2.21. The number of thiophene rings is 1. The summed E-state index contributed by atoms with van der Waals surface area (Å²) in [6, 6.07) is 19.4. The predicted molar refractivity (Wildman–Crippen MR) is 105 cm³/mol. The molecule has 0 unspecified atom stereocenters. The van der Waals surface area contributed by atoms with Crippen molar-refractivity contribution in [3.63, 3.8) is 0 Å². The molecule has 0 aliphatic carbocycles. The number of anilines is 1. The van der Waals surface area contributed by atoms with Crippen LogP contribution < -0.4 is 5.32 Å². The third-order valence-electron chi connectivity index (χ3n) is 4.16. The Labute approximate surface area is 155 Å². The Kier molecular flexibility index (Phi) is 4.56. The van der Waals surface area contributed by atoms with Crippen molar-refractivity contribution in [2.24, 2.45) is 0 Å². The number of hydrogen-bond acceptors (Lipinski definition) is 4. The molecule has 0 spiro atoms. The van der Waals surface area contributed by atoms with Crippen molar-refractivity contribution in [3.05, 3.63) is 77.4 Å². The molecule has 26 heavy (non-hydrogen) atoms. The van der Waals surface area contributed by atoms with Crippen molar-refractivity contribution >= 4 is 33.9 Å². The fourth-order valence-electron chi connectivity index (χ4n) is 2.99. The smallest absolute Gasteiger partial charge is 0.291 e. The molecule has 0 bridgehead atoms. The summed E-state index contributed by atoms with van der Waals surface area (Å²) >= 11 is 1.63. The van der Waals surface area contributed by atoms with E-state index in [1.54, 1.807) is 18.4 Å². The molecular formula is C21H17NO3S. The van der Waals surface area contributed by atoms with Gasteiger partial charge in [0.05, 0.1) is 6.61 Å². The SMILES string of the molecule is COCc1c(C(=O)Nc2ccccc2-c2cccs2)oc2ccccc12. The lowest BCUT2D eigenvalue weighted by Gasteiger charge is -2.09. The standard InChI is InChI=1S/C21H17NO3S/c1-24-13-16-14-7-3-5-10-18(14)25-20(16)21(23)22-17-9-4-2-8-15(17)19-11-6-12-26-19/h2-12H,13H2,1H3,(H,22,23). The fraction of sp³-hybridized carbons (Fsp3) is 0.0952. The van der Waals surface area contributed by atoms with Gasteiger partial charge >= 0.3 is 0 Å². The fourth-order valence-corrected chi connectivity index (χ4v) is 3.75. The average molecular weight is 363 g/mol. The number of amides is 1. The number of nitrogens with one attached hydrogen (secondary N) is 1. The van der Waals surface area contributed by atoms with Crippen molar-refractivity contribution < 1.29 is 13.9 Å². The van der Waals surface area contributed by atoms with Crippen molar-refractivity contribution in [3.8, 4) is 10.4 Å². The van der Waals surface area contributed by atoms with Gasteiger partial charge in [-0.05, 0) is 23.6 Å². The number of furan rings is 1. The number of benzene rings is 2. The van der Waals surface area contributed by atoms with Gasteiger partial charge in [0, 0.05) is 34.2 Å². The van der Waals surface area contributed by atoms with Gasteiger partial charge in [0.1, 0.15) is 5.58 Å². The third-order valence-corrected chi connectivity index (χ3v) is 5.06. The van der Waals surface area contributed by atoms with E-state index in [1.165, 1.54) is 0 Å². The Morgan fingerprint density at radius 3 is 2.69 bits per heavy atom. The van der Waals surface area contributed by atoms with E-state index in [4.69, 9.17) is 9.15 Å². The van der Waals surface area contributed by atoms with Gasteiger partial charge in [-0.15, -0.1) is 11.3 Å². The molecule has 4 aromatic rings. The second-order valence-electron chi connectivity index (χ2n) is 5.82. The molecule has 4 rings (SSSR count). The van der Waals surface area contributed by atoms with E-state index in [-0.39, 0.29) is 11.7 Å².